The molecule has 0 heterocycles. The molecule has 0 fully saturated rings. The largest absolute Gasteiger partial charge is 0.481 e. The molecule has 0 aliphatic heterocycles. The summed E-state index contributed by atoms with van der Waals surface area (Å²) in [5.41, 5.74) is 0. The molecule has 344 valence electrons. The number of carbonyl (C=O) groups is 6. The zero-order valence-electron chi connectivity index (χ0n) is 38.0. The quantitative estimate of drug-likeness (QED) is 0.0356. The highest BCUT2D eigenvalue weighted by atomic mass is 16.6. The van der Waals surface area contributed by atoms with Gasteiger partial charge in [-0.25, -0.2) is 0 Å². The number of hydrogen-bond donors (Lipinski definition) is 1. The molecule has 2 amide bonds. The third kappa shape index (κ3) is 35.3. The molecule has 59 heavy (non-hydrogen) atoms. The van der Waals surface area contributed by atoms with E-state index in [0.29, 0.717) is 25.7 Å². The van der Waals surface area contributed by atoms with E-state index in [1.165, 1.54) is 51.4 Å². The van der Waals surface area contributed by atoms with Gasteiger partial charge in [-0.3, -0.25) is 28.8 Å². The molecule has 0 saturated carbocycles. The van der Waals surface area contributed by atoms with Crippen molar-refractivity contribution in [2.45, 2.75) is 226 Å². The van der Waals surface area contributed by atoms with Crippen molar-refractivity contribution >= 4 is 35.7 Å². The van der Waals surface area contributed by atoms with Gasteiger partial charge in [-0.15, -0.1) is 0 Å². The summed E-state index contributed by atoms with van der Waals surface area (Å²) in [4.78, 5) is 78.2. The second kappa shape index (κ2) is 40.2. The predicted octanol–water partition coefficient (Wildman–Crippen LogP) is 10.5. The maximum absolute atomic E-state index is 13.0. The number of carboxylic acids is 1. The first-order chi connectivity index (χ1) is 28.6. The number of hydrogen-bond acceptors (Lipinski definition) is 9. The van der Waals surface area contributed by atoms with Crippen LogP contribution in [0.4, 0.5) is 0 Å². The highest BCUT2D eigenvalue weighted by molar-refractivity contribution is 5.77. The van der Waals surface area contributed by atoms with Gasteiger partial charge >= 0.3 is 23.9 Å². The Bertz CT molecular complexity index is 1080. The minimum Gasteiger partial charge on any atom is -0.481 e. The lowest BCUT2D eigenvalue weighted by Gasteiger charge is -2.23. The number of esters is 3. The fourth-order valence-corrected chi connectivity index (χ4v) is 6.84. The van der Waals surface area contributed by atoms with Gasteiger partial charge in [0.2, 0.25) is 11.8 Å². The van der Waals surface area contributed by atoms with Crippen molar-refractivity contribution in [2.24, 2.45) is 0 Å². The van der Waals surface area contributed by atoms with E-state index >= 15 is 0 Å². The molecule has 0 aromatic carbocycles. The monoisotopic (exact) mass is 839 g/mol. The van der Waals surface area contributed by atoms with E-state index in [0.717, 1.165) is 116 Å². The van der Waals surface area contributed by atoms with Crippen LogP contribution in [-0.2, 0) is 43.0 Å². The molecule has 0 aliphatic carbocycles. The highest BCUT2D eigenvalue weighted by Gasteiger charge is 2.20. The minimum absolute atomic E-state index is 0.129. The first-order valence-corrected chi connectivity index (χ1v) is 23.9. The Morgan fingerprint density at radius 2 is 0.712 bits per heavy atom. The Kier molecular flexibility index (Phi) is 38.1. The smallest absolute Gasteiger partial charge is 0.306 e. The molecule has 0 aromatic rings. The zero-order valence-corrected chi connectivity index (χ0v) is 38.0. The lowest BCUT2D eigenvalue weighted by molar-refractivity contribution is -0.167. The van der Waals surface area contributed by atoms with Crippen LogP contribution in [0.3, 0.4) is 0 Å². The average molecular weight is 839 g/mol. The fourth-order valence-electron chi connectivity index (χ4n) is 6.84. The number of aliphatic carboxylic acids is 1. The third-order valence-corrected chi connectivity index (χ3v) is 10.6. The van der Waals surface area contributed by atoms with Crippen molar-refractivity contribution in [3.05, 3.63) is 0 Å². The van der Waals surface area contributed by atoms with Crippen molar-refractivity contribution in [3.8, 4) is 0 Å². The molecule has 0 aromatic heterocycles. The fraction of sp³-hybridized carbons (Fsp3) is 0.872. The molecule has 1 unspecified atom stereocenters. The normalized spacial score (nSPS) is 11.5. The van der Waals surface area contributed by atoms with Crippen molar-refractivity contribution < 1.29 is 48.1 Å². The van der Waals surface area contributed by atoms with Gasteiger partial charge in [-0.1, -0.05) is 130 Å². The number of carboxylic acid groups (broad SMARTS) is 1. The van der Waals surface area contributed by atoms with Crippen molar-refractivity contribution in [1.29, 1.82) is 0 Å². The van der Waals surface area contributed by atoms with Gasteiger partial charge in [0.1, 0.15) is 13.2 Å². The van der Waals surface area contributed by atoms with Gasteiger partial charge in [0.25, 0.3) is 0 Å². The van der Waals surface area contributed by atoms with Gasteiger partial charge in [0.05, 0.1) is 12.8 Å². The van der Waals surface area contributed by atoms with Crippen molar-refractivity contribution in [2.75, 3.05) is 39.4 Å². The van der Waals surface area contributed by atoms with E-state index in [9.17, 15) is 28.8 Å². The molecule has 0 aliphatic rings. The molecule has 0 spiro atoms. The molecule has 0 radical (unpaired) electrons. The topological polar surface area (TPSA) is 157 Å². The second-order valence-electron chi connectivity index (χ2n) is 16.2. The van der Waals surface area contributed by atoms with E-state index in [4.69, 9.17) is 19.3 Å². The maximum atomic E-state index is 13.0. The number of ether oxygens (including phenoxy) is 3. The number of unbranched alkanes of at least 4 members (excludes halogenated alkanes) is 18. The summed E-state index contributed by atoms with van der Waals surface area (Å²) >= 11 is 0. The van der Waals surface area contributed by atoms with E-state index in [1.54, 1.807) is 0 Å². The molecule has 0 saturated heterocycles. The molecule has 0 rings (SSSR count). The highest BCUT2D eigenvalue weighted by Crippen LogP contribution is 2.14. The summed E-state index contributed by atoms with van der Waals surface area (Å²) < 4.78 is 16.1. The second-order valence-corrected chi connectivity index (χ2v) is 16.2. The van der Waals surface area contributed by atoms with Crippen LogP contribution < -0.4 is 0 Å². The van der Waals surface area contributed by atoms with Crippen LogP contribution in [0.1, 0.15) is 220 Å². The predicted molar refractivity (Wildman–Crippen MR) is 234 cm³/mol. The number of rotatable bonds is 42. The molecular weight excluding hydrogens is 753 g/mol. The maximum Gasteiger partial charge on any atom is 0.306 e. The number of amides is 2. The zero-order chi connectivity index (χ0) is 43.8. The lowest BCUT2D eigenvalue weighted by atomic mass is 10.1. The summed E-state index contributed by atoms with van der Waals surface area (Å²) in [6.45, 7) is 11.4. The van der Waals surface area contributed by atoms with Crippen LogP contribution in [0.2, 0.25) is 0 Å². The first kappa shape index (κ1) is 55.8. The third-order valence-electron chi connectivity index (χ3n) is 10.6. The Hall–Kier alpha value is -3.18. The van der Waals surface area contributed by atoms with Crippen molar-refractivity contribution in [1.82, 2.24) is 9.80 Å². The van der Waals surface area contributed by atoms with E-state index in [-0.39, 0.29) is 50.7 Å². The molecule has 0 bridgehead atoms. The van der Waals surface area contributed by atoms with Gasteiger partial charge < -0.3 is 29.1 Å². The van der Waals surface area contributed by atoms with Gasteiger partial charge in [-0.2, -0.15) is 0 Å². The van der Waals surface area contributed by atoms with Crippen molar-refractivity contribution in [3.63, 3.8) is 0 Å². The Labute approximate surface area is 358 Å². The summed E-state index contributed by atoms with van der Waals surface area (Å²) in [6, 6.07) is 0. The Morgan fingerprint density at radius 1 is 0.390 bits per heavy atom. The molecule has 12 heteroatoms. The number of carbonyl (C=O) groups excluding carboxylic acids is 5. The first-order valence-electron chi connectivity index (χ1n) is 23.9. The van der Waals surface area contributed by atoms with Crippen LogP contribution >= 0.6 is 0 Å². The summed E-state index contributed by atoms with van der Waals surface area (Å²) in [6.07, 6.45) is 23.7. The summed E-state index contributed by atoms with van der Waals surface area (Å²) in [5.74, 6) is -2.41. The SMILES string of the molecule is CCCCCCN(CCCCCC)C(=O)CCCCCCC(=O)OCC(COC(=O)CCC(=O)O)OC(=O)CCCCCCC(=O)N(CCCCCC)CCCCCC. The molecule has 1 atom stereocenters. The summed E-state index contributed by atoms with van der Waals surface area (Å²) in [5, 5.41) is 8.87. The lowest BCUT2D eigenvalue weighted by Crippen LogP contribution is -2.32. The molecular formula is C47H86N2O10. The Morgan fingerprint density at radius 3 is 1.07 bits per heavy atom. The van der Waals surface area contributed by atoms with Gasteiger partial charge in [0, 0.05) is 51.9 Å². The number of nitrogens with zero attached hydrogens (tertiary/aromatic N) is 2. The minimum atomic E-state index is -1.13. The van der Waals surface area contributed by atoms with E-state index in [2.05, 4.69) is 27.7 Å². The Balaban J connectivity index is 4.72. The van der Waals surface area contributed by atoms with Gasteiger partial charge in [-0.05, 0) is 51.4 Å². The standard InChI is InChI=1S/C47H86N2O10/c1-5-9-13-25-35-48(36-26-14-10-6-2)42(50)29-21-17-19-23-31-45(54)57-39-41(40-58-46(55)34-33-44(52)53)59-47(56)32-24-20-18-22-30-43(51)49(37-27-15-11-7-3)38-28-16-12-8-4/h41H,5-40H2,1-4H3,(H,52,53). The van der Waals surface area contributed by atoms with Crippen LogP contribution in [0.5, 0.6) is 0 Å². The summed E-state index contributed by atoms with van der Waals surface area (Å²) in [7, 11) is 0. The van der Waals surface area contributed by atoms with E-state index in [1.807, 2.05) is 9.80 Å². The average Bonchev–Trinajstić information content (AvgIpc) is 3.22. The van der Waals surface area contributed by atoms with E-state index < -0.39 is 30.0 Å². The van der Waals surface area contributed by atoms with Crippen LogP contribution in [0, 0.1) is 0 Å². The molecule has 12 nitrogen and oxygen atoms in total. The van der Waals surface area contributed by atoms with Crippen LogP contribution in [0.25, 0.3) is 0 Å². The van der Waals surface area contributed by atoms with Crippen LogP contribution in [0.15, 0.2) is 0 Å². The van der Waals surface area contributed by atoms with Crippen LogP contribution in [-0.4, -0.2) is 96.1 Å². The van der Waals surface area contributed by atoms with Gasteiger partial charge in [0.15, 0.2) is 6.10 Å². The molecule has 1 N–H and O–H groups in total.